The topological polar surface area (TPSA) is 124 Å². The SMILES string of the molecule is CC1Cc2ccc(-c3ccc(C(=O)N[C@H](C)CO)nc3)cc2CN1c1cc(N2CCN(C)CC2)nc(N)n1. The number of nitrogens with two attached hydrogens (primary N) is 1. The average molecular weight is 517 g/mol. The number of likely N-dealkylation sites (N-methyl/N-ethyl adjacent to an activating group) is 1. The highest BCUT2D eigenvalue weighted by Crippen LogP contribution is 2.32. The number of hydrogen-bond acceptors (Lipinski definition) is 9. The Labute approximate surface area is 223 Å². The molecule has 0 saturated carbocycles. The van der Waals surface area contributed by atoms with Crippen LogP contribution in [0.15, 0.2) is 42.6 Å². The first-order chi connectivity index (χ1) is 18.3. The Morgan fingerprint density at radius 2 is 1.82 bits per heavy atom. The first-order valence-corrected chi connectivity index (χ1v) is 13.2. The fourth-order valence-electron chi connectivity index (χ4n) is 5.05. The zero-order valence-corrected chi connectivity index (χ0v) is 22.3. The highest BCUT2D eigenvalue weighted by Gasteiger charge is 2.26. The van der Waals surface area contributed by atoms with Gasteiger partial charge in [0.25, 0.3) is 5.91 Å². The molecule has 10 heteroatoms. The Hall–Kier alpha value is -3.76. The molecule has 1 amide bonds. The maximum absolute atomic E-state index is 12.3. The molecule has 10 nitrogen and oxygen atoms in total. The van der Waals surface area contributed by atoms with Crippen LogP contribution in [0, 0.1) is 0 Å². The highest BCUT2D eigenvalue weighted by molar-refractivity contribution is 5.92. The Morgan fingerprint density at radius 3 is 2.53 bits per heavy atom. The standard InChI is InChI=1S/C28H36N8O2/c1-18(17-37)31-27(38)24-7-6-22(15-30-24)21-5-4-20-12-19(2)36(16-23(20)13-21)26-14-25(32-28(29)33-26)35-10-8-34(3)9-11-35/h4-7,13-15,18-19,37H,8-12,16-17H2,1-3H3,(H,31,38)(H2,29,32,33)/t18-,19?/m1/s1. The summed E-state index contributed by atoms with van der Waals surface area (Å²) in [4.78, 5) is 32.7. The summed E-state index contributed by atoms with van der Waals surface area (Å²) in [5, 5.41) is 11.9. The number of amides is 1. The number of aromatic nitrogens is 3. The van der Waals surface area contributed by atoms with Crippen LogP contribution in [-0.4, -0.2) is 82.8 Å². The number of carbonyl (C=O) groups excluding carboxylic acids is 1. The van der Waals surface area contributed by atoms with Crippen molar-refractivity contribution in [2.24, 2.45) is 0 Å². The molecule has 2 aliphatic rings. The Balaban J connectivity index is 1.36. The molecule has 3 aromatic rings. The molecule has 0 spiro atoms. The molecule has 0 aliphatic carbocycles. The van der Waals surface area contributed by atoms with Crippen LogP contribution < -0.4 is 20.9 Å². The number of hydrogen-bond donors (Lipinski definition) is 3. The van der Waals surface area contributed by atoms with E-state index in [1.807, 2.05) is 6.07 Å². The van der Waals surface area contributed by atoms with Crippen LogP contribution in [0.4, 0.5) is 17.6 Å². The van der Waals surface area contributed by atoms with Gasteiger partial charge in [-0.05, 0) is 56.1 Å². The second-order valence-corrected chi connectivity index (χ2v) is 10.4. The summed E-state index contributed by atoms with van der Waals surface area (Å²) < 4.78 is 0. The fraction of sp³-hybridized carbons (Fsp3) is 0.429. The molecule has 0 bridgehead atoms. The summed E-state index contributed by atoms with van der Waals surface area (Å²) in [6.45, 7) is 8.40. The maximum Gasteiger partial charge on any atom is 0.270 e. The van der Waals surface area contributed by atoms with Crippen LogP contribution in [0.5, 0.6) is 0 Å². The number of aliphatic hydroxyl groups excluding tert-OH is 1. The number of carbonyl (C=O) groups is 1. The third kappa shape index (κ3) is 5.56. The molecule has 200 valence electrons. The van der Waals surface area contributed by atoms with Gasteiger partial charge in [-0.15, -0.1) is 0 Å². The van der Waals surface area contributed by atoms with Crippen LogP contribution in [0.1, 0.15) is 35.5 Å². The number of aliphatic hydroxyl groups is 1. The lowest BCUT2D eigenvalue weighted by molar-refractivity contribution is 0.0917. The summed E-state index contributed by atoms with van der Waals surface area (Å²) in [6.07, 6.45) is 2.63. The minimum Gasteiger partial charge on any atom is -0.394 e. The van der Waals surface area contributed by atoms with Gasteiger partial charge < -0.3 is 30.9 Å². The van der Waals surface area contributed by atoms with Crippen molar-refractivity contribution in [1.29, 1.82) is 0 Å². The molecule has 5 rings (SSSR count). The van der Waals surface area contributed by atoms with Gasteiger partial charge in [-0.25, -0.2) is 0 Å². The van der Waals surface area contributed by atoms with E-state index >= 15 is 0 Å². The van der Waals surface area contributed by atoms with Crippen LogP contribution in [-0.2, 0) is 13.0 Å². The van der Waals surface area contributed by atoms with E-state index in [2.05, 4.69) is 73.2 Å². The Bertz CT molecular complexity index is 1290. The summed E-state index contributed by atoms with van der Waals surface area (Å²) in [6, 6.07) is 12.1. The first kappa shape index (κ1) is 25.9. The molecular formula is C28H36N8O2. The number of fused-ring (bicyclic) bond motifs is 1. The van der Waals surface area contributed by atoms with Crippen molar-refractivity contribution >= 4 is 23.5 Å². The van der Waals surface area contributed by atoms with Gasteiger partial charge in [0, 0.05) is 62.6 Å². The molecule has 0 radical (unpaired) electrons. The molecular weight excluding hydrogens is 480 g/mol. The molecule has 2 aliphatic heterocycles. The number of anilines is 3. The Morgan fingerprint density at radius 1 is 1.08 bits per heavy atom. The number of pyridine rings is 1. The van der Waals surface area contributed by atoms with Crippen LogP contribution >= 0.6 is 0 Å². The third-order valence-corrected chi connectivity index (χ3v) is 7.41. The minimum atomic E-state index is -0.321. The molecule has 4 N–H and O–H groups in total. The van der Waals surface area contributed by atoms with Crippen molar-refractivity contribution in [2.45, 2.75) is 38.9 Å². The van der Waals surface area contributed by atoms with Crippen molar-refractivity contribution in [3.63, 3.8) is 0 Å². The molecule has 1 aromatic carbocycles. The van der Waals surface area contributed by atoms with E-state index in [1.165, 1.54) is 11.1 Å². The maximum atomic E-state index is 12.3. The van der Waals surface area contributed by atoms with Gasteiger partial charge in [-0.1, -0.05) is 18.2 Å². The lowest BCUT2D eigenvalue weighted by Gasteiger charge is -2.37. The largest absolute Gasteiger partial charge is 0.394 e. The van der Waals surface area contributed by atoms with Gasteiger partial charge in [-0.3, -0.25) is 9.78 Å². The van der Waals surface area contributed by atoms with Gasteiger partial charge in [0.2, 0.25) is 5.95 Å². The third-order valence-electron chi connectivity index (χ3n) is 7.41. The van der Waals surface area contributed by atoms with Crippen LogP contribution in [0.2, 0.25) is 0 Å². The normalized spacial score (nSPS) is 18.7. The summed E-state index contributed by atoms with van der Waals surface area (Å²) in [5.74, 6) is 1.74. The lowest BCUT2D eigenvalue weighted by Crippen LogP contribution is -2.45. The van der Waals surface area contributed by atoms with E-state index in [0.29, 0.717) is 11.6 Å². The van der Waals surface area contributed by atoms with E-state index in [4.69, 9.17) is 10.8 Å². The molecule has 38 heavy (non-hydrogen) atoms. The quantitative estimate of drug-likeness (QED) is 0.451. The smallest absolute Gasteiger partial charge is 0.270 e. The molecule has 2 atom stereocenters. The molecule has 1 fully saturated rings. The molecule has 4 heterocycles. The highest BCUT2D eigenvalue weighted by atomic mass is 16.3. The van der Waals surface area contributed by atoms with Crippen molar-refractivity contribution in [1.82, 2.24) is 25.2 Å². The van der Waals surface area contributed by atoms with Gasteiger partial charge in [0.1, 0.15) is 17.3 Å². The molecule has 1 unspecified atom stereocenters. The number of piperazine rings is 1. The first-order valence-electron chi connectivity index (χ1n) is 13.2. The number of nitrogen functional groups attached to an aromatic ring is 1. The van der Waals surface area contributed by atoms with Crippen LogP contribution in [0.25, 0.3) is 11.1 Å². The van der Waals surface area contributed by atoms with Crippen molar-refractivity contribution in [3.8, 4) is 11.1 Å². The predicted molar refractivity (Wildman–Crippen MR) is 149 cm³/mol. The van der Waals surface area contributed by atoms with Gasteiger partial charge in [-0.2, -0.15) is 9.97 Å². The zero-order valence-electron chi connectivity index (χ0n) is 22.3. The second kappa shape index (κ2) is 10.9. The fourth-order valence-corrected chi connectivity index (χ4v) is 5.05. The van der Waals surface area contributed by atoms with Crippen LogP contribution in [0.3, 0.4) is 0 Å². The Kier molecular flexibility index (Phi) is 7.44. The van der Waals surface area contributed by atoms with E-state index in [0.717, 1.165) is 61.9 Å². The summed E-state index contributed by atoms with van der Waals surface area (Å²) in [7, 11) is 2.14. The van der Waals surface area contributed by atoms with E-state index in [9.17, 15) is 4.79 Å². The monoisotopic (exact) mass is 516 g/mol. The van der Waals surface area contributed by atoms with Crippen molar-refractivity contribution in [3.05, 3.63) is 59.4 Å². The van der Waals surface area contributed by atoms with Crippen molar-refractivity contribution in [2.75, 3.05) is 55.4 Å². The van der Waals surface area contributed by atoms with Gasteiger partial charge in [0.05, 0.1) is 6.61 Å². The second-order valence-electron chi connectivity index (χ2n) is 10.4. The average Bonchev–Trinajstić information content (AvgIpc) is 2.92. The predicted octanol–water partition coefficient (Wildman–Crippen LogP) is 1.93. The molecule has 2 aromatic heterocycles. The summed E-state index contributed by atoms with van der Waals surface area (Å²) in [5.41, 5.74) is 11.0. The summed E-state index contributed by atoms with van der Waals surface area (Å²) >= 11 is 0. The van der Waals surface area contributed by atoms with E-state index in [-0.39, 0.29) is 24.6 Å². The number of nitrogens with zero attached hydrogens (tertiary/aromatic N) is 6. The number of rotatable bonds is 6. The van der Waals surface area contributed by atoms with Crippen molar-refractivity contribution < 1.29 is 9.90 Å². The van der Waals surface area contributed by atoms with Gasteiger partial charge in [0.15, 0.2) is 0 Å². The van der Waals surface area contributed by atoms with E-state index in [1.54, 1.807) is 19.2 Å². The number of nitrogens with one attached hydrogen (secondary N) is 1. The molecule has 1 saturated heterocycles. The zero-order chi connectivity index (χ0) is 26.8. The van der Waals surface area contributed by atoms with E-state index < -0.39 is 0 Å². The lowest BCUT2D eigenvalue weighted by atomic mass is 9.92. The number of benzene rings is 1. The van der Waals surface area contributed by atoms with Gasteiger partial charge >= 0.3 is 0 Å². The minimum absolute atomic E-state index is 0.118.